The minimum Gasteiger partial charge on any atom is -0.491 e. The number of rotatable bonds is 17. The number of carbonyl (C=O) groups is 4. The highest BCUT2D eigenvalue weighted by Gasteiger charge is 2.49. The fourth-order valence-electron chi connectivity index (χ4n) is 7.42. The summed E-state index contributed by atoms with van der Waals surface area (Å²) >= 11 is 0. The first-order valence-corrected chi connectivity index (χ1v) is 19.0. The molecule has 2 atom stereocenters. The Labute approximate surface area is 319 Å². The number of fused-ring (bicyclic) bond motifs is 3. The van der Waals surface area contributed by atoms with Gasteiger partial charge in [-0.15, -0.1) is 0 Å². The number of amides is 4. The Hall–Kier alpha value is -4.90. The average molecular weight is 741 g/mol. The lowest BCUT2D eigenvalue weighted by atomic mass is 9.53. The van der Waals surface area contributed by atoms with Gasteiger partial charge >= 0.3 is 6.09 Å². The zero-order chi connectivity index (χ0) is 38.6. The van der Waals surface area contributed by atoms with Gasteiger partial charge in [0.05, 0.1) is 6.61 Å². The van der Waals surface area contributed by atoms with Gasteiger partial charge in [-0.25, -0.2) is 4.79 Å². The molecule has 3 aliphatic rings. The molecule has 11 nitrogen and oxygen atoms in total. The first-order valence-electron chi connectivity index (χ1n) is 19.0. The first kappa shape index (κ1) is 40.3. The molecule has 4 N–H and O–H groups in total. The Kier molecular flexibility index (Phi) is 13.7. The number of hydrogen-bond acceptors (Lipinski definition) is 7. The van der Waals surface area contributed by atoms with Gasteiger partial charge < -0.3 is 35.5 Å². The van der Waals surface area contributed by atoms with Crippen molar-refractivity contribution in [2.75, 3.05) is 33.4 Å². The molecule has 0 spiro atoms. The van der Waals surface area contributed by atoms with Gasteiger partial charge in [-0.3, -0.25) is 14.4 Å². The van der Waals surface area contributed by atoms with E-state index >= 15 is 0 Å². The second-order valence-corrected chi connectivity index (χ2v) is 15.9. The Bertz CT molecular complexity index is 1670. The number of hydrogen-bond donors (Lipinski definition) is 4. The van der Waals surface area contributed by atoms with Crippen molar-refractivity contribution in [2.45, 2.75) is 89.8 Å². The molecule has 3 saturated carbocycles. The molecule has 0 saturated heterocycles. The second kappa shape index (κ2) is 18.4. The smallest absolute Gasteiger partial charge is 0.407 e. The SMILES string of the molecule is COCCOc1ccc(C[C@@H](NC(=O)c2ccccc2)C(=O)N[C@@H](Cc2ccccc2)C(=O)NCC23CCC(CNC(=O)OC(C)(C)C)(CC2)CC3)cc1. The number of alkyl carbamates (subject to hydrolysis) is 1. The Morgan fingerprint density at radius 2 is 1.17 bits per heavy atom. The molecule has 3 aromatic rings. The summed E-state index contributed by atoms with van der Waals surface area (Å²) in [5.74, 6) is -0.429. The number of methoxy groups -OCH3 is 1. The van der Waals surface area contributed by atoms with Crippen LogP contribution in [0.3, 0.4) is 0 Å². The Balaban J connectivity index is 1.25. The number of benzene rings is 3. The number of carbonyl (C=O) groups excluding carboxylic acids is 4. The zero-order valence-electron chi connectivity index (χ0n) is 32.1. The van der Waals surface area contributed by atoms with E-state index in [1.807, 2.05) is 81.4 Å². The topological polar surface area (TPSA) is 144 Å². The fourth-order valence-corrected chi connectivity index (χ4v) is 7.42. The van der Waals surface area contributed by atoms with Crippen molar-refractivity contribution in [1.29, 1.82) is 0 Å². The van der Waals surface area contributed by atoms with Crippen LogP contribution in [0.5, 0.6) is 5.75 Å². The summed E-state index contributed by atoms with van der Waals surface area (Å²) in [5.41, 5.74) is 1.62. The van der Waals surface area contributed by atoms with Gasteiger partial charge in [-0.1, -0.05) is 60.7 Å². The fraction of sp³-hybridized carbons (Fsp3) is 0.488. The monoisotopic (exact) mass is 740 g/mol. The van der Waals surface area contributed by atoms with E-state index in [9.17, 15) is 19.2 Å². The molecule has 2 bridgehead atoms. The molecule has 0 unspecified atom stereocenters. The van der Waals surface area contributed by atoms with E-state index in [4.69, 9.17) is 14.2 Å². The number of ether oxygens (including phenoxy) is 3. The normalized spacial score (nSPS) is 20.2. The van der Waals surface area contributed by atoms with Crippen LogP contribution in [0, 0.1) is 10.8 Å². The van der Waals surface area contributed by atoms with Crippen molar-refractivity contribution in [3.05, 3.63) is 102 Å². The molecular formula is C43H56N4O7. The molecule has 290 valence electrons. The van der Waals surface area contributed by atoms with Gasteiger partial charge in [0, 0.05) is 38.6 Å². The predicted molar refractivity (Wildman–Crippen MR) is 207 cm³/mol. The van der Waals surface area contributed by atoms with E-state index in [-0.39, 0.29) is 41.6 Å². The quantitative estimate of drug-likeness (QED) is 0.129. The average Bonchev–Trinajstić information content (AvgIpc) is 3.17. The Morgan fingerprint density at radius 1 is 0.648 bits per heavy atom. The van der Waals surface area contributed by atoms with Gasteiger partial charge in [0.25, 0.3) is 5.91 Å². The van der Waals surface area contributed by atoms with Crippen LogP contribution < -0.4 is 26.0 Å². The van der Waals surface area contributed by atoms with Gasteiger partial charge in [-0.2, -0.15) is 0 Å². The molecule has 3 fully saturated rings. The first-order chi connectivity index (χ1) is 25.9. The van der Waals surface area contributed by atoms with Crippen LogP contribution in [0.4, 0.5) is 4.79 Å². The van der Waals surface area contributed by atoms with E-state index in [1.165, 1.54) is 0 Å². The maximum atomic E-state index is 14.1. The third-order valence-corrected chi connectivity index (χ3v) is 10.7. The summed E-state index contributed by atoms with van der Waals surface area (Å²) in [7, 11) is 1.61. The van der Waals surface area contributed by atoms with Crippen molar-refractivity contribution >= 4 is 23.8 Å². The van der Waals surface area contributed by atoms with Crippen molar-refractivity contribution in [2.24, 2.45) is 10.8 Å². The summed E-state index contributed by atoms with van der Waals surface area (Å²) in [6.45, 7) is 7.54. The van der Waals surface area contributed by atoms with Crippen LogP contribution in [0.2, 0.25) is 0 Å². The van der Waals surface area contributed by atoms with Crippen LogP contribution in [0.15, 0.2) is 84.9 Å². The zero-order valence-corrected chi connectivity index (χ0v) is 32.1. The lowest BCUT2D eigenvalue weighted by molar-refractivity contribution is -0.130. The summed E-state index contributed by atoms with van der Waals surface area (Å²) in [5, 5.41) is 12.1. The van der Waals surface area contributed by atoms with Crippen LogP contribution in [0.25, 0.3) is 0 Å². The summed E-state index contributed by atoms with van der Waals surface area (Å²) in [6.07, 6.45) is 5.84. The summed E-state index contributed by atoms with van der Waals surface area (Å²) in [6, 6.07) is 23.9. The largest absolute Gasteiger partial charge is 0.491 e. The third-order valence-electron chi connectivity index (χ3n) is 10.7. The lowest BCUT2D eigenvalue weighted by Crippen LogP contribution is -2.57. The van der Waals surface area contributed by atoms with Gasteiger partial charge in [-0.05, 0) is 106 Å². The highest BCUT2D eigenvalue weighted by atomic mass is 16.6. The minimum atomic E-state index is -0.957. The molecular weight excluding hydrogens is 684 g/mol. The molecule has 11 heteroatoms. The van der Waals surface area contributed by atoms with E-state index in [2.05, 4.69) is 21.3 Å². The maximum Gasteiger partial charge on any atom is 0.407 e. The molecule has 0 radical (unpaired) electrons. The van der Waals surface area contributed by atoms with E-state index in [0.717, 1.165) is 49.7 Å². The molecule has 0 aromatic heterocycles. The van der Waals surface area contributed by atoms with Crippen LogP contribution in [-0.2, 0) is 31.9 Å². The van der Waals surface area contributed by atoms with Gasteiger partial charge in [0.2, 0.25) is 11.8 Å². The van der Waals surface area contributed by atoms with Gasteiger partial charge in [0.15, 0.2) is 0 Å². The van der Waals surface area contributed by atoms with Crippen molar-refractivity contribution < 1.29 is 33.4 Å². The van der Waals surface area contributed by atoms with Crippen LogP contribution >= 0.6 is 0 Å². The highest BCUT2D eigenvalue weighted by Crippen LogP contribution is 2.56. The van der Waals surface area contributed by atoms with E-state index in [0.29, 0.717) is 37.6 Å². The summed E-state index contributed by atoms with van der Waals surface area (Å²) < 4.78 is 16.2. The second-order valence-electron chi connectivity index (χ2n) is 15.9. The van der Waals surface area contributed by atoms with E-state index in [1.54, 1.807) is 31.4 Å². The standard InChI is InChI=1S/C43H56N4O7/c1-41(2,3)54-40(51)45-30-43-22-19-42(20-23-43,21-24-43)29-44-38(49)35(27-31-11-7-5-8-12-31)47-39(50)36(46-37(48)33-13-9-6-10-14-33)28-32-15-17-34(18-16-32)53-26-25-52-4/h5-18,35-36H,19-30H2,1-4H3,(H,44,49)(H,45,51)(H,46,48)(H,47,50)/t35-,36+,42?,43?/m0/s1. The molecule has 0 aliphatic heterocycles. The van der Waals surface area contributed by atoms with Crippen molar-refractivity contribution in [3.8, 4) is 5.75 Å². The summed E-state index contributed by atoms with van der Waals surface area (Å²) in [4.78, 5) is 53.8. The maximum absolute atomic E-state index is 14.1. The predicted octanol–water partition coefficient (Wildman–Crippen LogP) is 5.76. The van der Waals surface area contributed by atoms with Crippen molar-refractivity contribution in [3.63, 3.8) is 0 Å². The molecule has 6 rings (SSSR count). The molecule has 3 aliphatic carbocycles. The van der Waals surface area contributed by atoms with Crippen LogP contribution in [0.1, 0.15) is 80.8 Å². The molecule has 54 heavy (non-hydrogen) atoms. The molecule has 4 amide bonds. The van der Waals surface area contributed by atoms with E-state index < -0.39 is 23.6 Å². The molecule has 3 aromatic carbocycles. The highest BCUT2D eigenvalue weighted by molar-refractivity contribution is 5.98. The Morgan fingerprint density at radius 3 is 1.72 bits per heavy atom. The lowest BCUT2D eigenvalue weighted by Gasteiger charge is -2.53. The molecule has 0 heterocycles. The van der Waals surface area contributed by atoms with Gasteiger partial charge in [0.1, 0.15) is 30.0 Å². The third kappa shape index (κ3) is 11.8. The number of nitrogens with one attached hydrogen (secondary N) is 4. The van der Waals surface area contributed by atoms with Crippen LogP contribution in [-0.4, -0.2) is 74.9 Å². The minimum absolute atomic E-state index is 0.0315. The van der Waals surface area contributed by atoms with Crippen molar-refractivity contribution in [1.82, 2.24) is 21.3 Å².